The van der Waals surface area contributed by atoms with Crippen LogP contribution >= 0.6 is 31.9 Å². The molecule has 104 valence electrons. The minimum absolute atomic E-state index is 0.344. The Morgan fingerprint density at radius 1 is 1.15 bits per heavy atom. The van der Waals surface area contributed by atoms with Crippen LogP contribution in [0.2, 0.25) is 0 Å². The van der Waals surface area contributed by atoms with E-state index < -0.39 is 6.10 Å². The van der Waals surface area contributed by atoms with Crippen LogP contribution in [0.1, 0.15) is 22.8 Å². The molecule has 1 atom stereocenters. The Morgan fingerprint density at radius 2 is 1.95 bits per heavy atom. The van der Waals surface area contributed by atoms with Crippen LogP contribution in [0, 0.1) is 5.82 Å². The predicted octanol–water partition coefficient (Wildman–Crippen LogP) is 4.37. The molecule has 1 heterocycles. The molecule has 2 aromatic carbocycles. The van der Waals surface area contributed by atoms with Crippen molar-refractivity contribution in [3.05, 3.63) is 61.8 Å². The van der Waals surface area contributed by atoms with E-state index in [9.17, 15) is 9.50 Å². The SMILES string of the molecule is OC(c1ccc(F)cc1Br)c1cc(Br)cc2c1OCC2. The van der Waals surface area contributed by atoms with Gasteiger partial charge in [0.05, 0.1) is 6.61 Å². The van der Waals surface area contributed by atoms with E-state index in [1.54, 1.807) is 6.07 Å². The first-order valence-corrected chi connectivity index (χ1v) is 7.73. The van der Waals surface area contributed by atoms with Crippen molar-refractivity contribution in [3.8, 4) is 5.75 Å². The standard InChI is InChI=1S/C15H11Br2FO2/c16-9-5-8-3-4-20-15(8)12(6-9)14(19)11-2-1-10(18)7-13(11)17/h1-2,5-7,14,19H,3-4H2. The monoisotopic (exact) mass is 400 g/mol. The summed E-state index contributed by atoms with van der Waals surface area (Å²) < 4.78 is 20.2. The Hall–Kier alpha value is -0.910. The number of fused-ring (bicyclic) bond motifs is 1. The minimum Gasteiger partial charge on any atom is -0.493 e. The summed E-state index contributed by atoms with van der Waals surface area (Å²) in [4.78, 5) is 0. The lowest BCUT2D eigenvalue weighted by Gasteiger charge is -2.17. The summed E-state index contributed by atoms with van der Waals surface area (Å²) >= 11 is 6.74. The second kappa shape index (κ2) is 5.47. The lowest BCUT2D eigenvalue weighted by Crippen LogP contribution is -2.03. The quantitative estimate of drug-likeness (QED) is 0.809. The van der Waals surface area contributed by atoms with E-state index in [0.717, 1.165) is 22.2 Å². The van der Waals surface area contributed by atoms with Crippen LogP contribution in [0.5, 0.6) is 5.75 Å². The Bertz CT molecular complexity index is 673. The molecule has 2 nitrogen and oxygen atoms in total. The molecular formula is C15H11Br2FO2. The average molecular weight is 402 g/mol. The highest BCUT2D eigenvalue weighted by Crippen LogP contribution is 2.40. The van der Waals surface area contributed by atoms with Crippen molar-refractivity contribution in [2.24, 2.45) is 0 Å². The number of halogens is 3. The summed E-state index contributed by atoms with van der Waals surface area (Å²) in [6.45, 7) is 0.621. The average Bonchev–Trinajstić information content (AvgIpc) is 2.85. The summed E-state index contributed by atoms with van der Waals surface area (Å²) in [5, 5.41) is 10.6. The van der Waals surface area contributed by atoms with Crippen LogP contribution < -0.4 is 4.74 Å². The highest BCUT2D eigenvalue weighted by molar-refractivity contribution is 9.10. The third-order valence-corrected chi connectivity index (χ3v) is 4.47. The second-order valence-corrected chi connectivity index (χ2v) is 6.42. The van der Waals surface area contributed by atoms with E-state index in [-0.39, 0.29) is 5.82 Å². The molecule has 0 fully saturated rings. The molecule has 1 N–H and O–H groups in total. The summed E-state index contributed by atoms with van der Waals surface area (Å²) in [6, 6.07) is 8.09. The smallest absolute Gasteiger partial charge is 0.128 e. The third-order valence-electron chi connectivity index (χ3n) is 3.33. The summed E-state index contributed by atoms with van der Waals surface area (Å²) in [7, 11) is 0. The Morgan fingerprint density at radius 3 is 2.70 bits per heavy atom. The number of ether oxygens (including phenoxy) is 1. The van der Waals surface area contributed by atoms with Crippen molar-refractivity contribution >= 4 is 31.9 Å². The van der Waals surface area contributed by atoms with Gasteiger partial charge in [-0.25, -0.2) is 4.39 Å². The normalized spacial score (nSPS) is 14.8. The Balaban J connectivity index is 2.09. The zero-order chi connectivity index (χ0) is 14.3. The second-order valence-electron chi connectivity index (χ2n) is 4.65. The molecule has 1 aliphatic rings. The largest absolute Gasteiger partial charge is 0.493 e. The number of hydrogen-bond donors (Lipinski definition) is 1. The summed E-state index contributed by atoms with van der Waals surface area (Å²) in [5.74, 6) is 0.389. The lowest BCUT2D eigenvalue weighted by atomic mass is 9.98. The minimum atomic E-state index is -0.866. The molecule has 0 radical (unpaired) electrons. The molecule has 3 rings (SSSR count). The first-order chi connectivity index (χ1) is 9.56. The fraction of sp³-hybridized carbons (Fsp3) is 0.200. The van der Waals surface area contributed by atoms with E-state index >= 15 is 0 Å². The van der Waals surface area contributed by atoms with E-state index in [1.165, 1.54) is 12.1 Å². The van der Waals surface area contributed by atoms with Crippen molar-refractivity contribution in [3.63, 3.8) is 0 Å². The maximum atomic E-state index is 13.2. The van der Waals surface area contributed by atoms with Crippen LogP contribution in [0.3, 0.4) is 0 Å². The zero-order valence-corrected chi connectivity index (χ0v) is 13.5. The molecular weight excluding hydrogens is 391 g/mol. The highest BCUT2D eigenvalue weighted by Gasteiger charge is 2.24. The molecule has 0 saturated heterocycles. The van der Waals surface area contributed by atoms with Gasteiger partial charge in [-0.2, -0.15) is 0 Å². The van der Waals surface area contributed by atoms with Crippen LogP contribution in [-0.4, -0.2) is 11.7 Å². The van der Waals surface area contributed by atoms with Gasteiger partial charge in [0.1, 0.15) is 17.7 Å². The molecule has 1 unspecified atom stereocenters. The van der Waals surface area contributed by atoms with E-state index in [2.05, 4.69) is 31.9 Å². The molecule has 0 amide bonds. The number of benzene rings is 2. The fourth-order valence-electron chi connectivity index (χ4n) is 2.39. The van der Waals surface area contributed by atoms with Gasteiger partial charge in [-0.3, -0.25) is 0 Å². The molecule has 2 aromatic rings. The number of hydrogen-bond acceptors (Lipinski definition) is 2. The van der Waals surface area contributed by atoms with Crippen molar-refractivity contribution in [2.45, 2.75) is 12.5 Å². The van der Waals surface area contributed by atoms with Crippen molar-refractivity contribution in [2.75, 3.05) is 6.61 Å². The van der Waals surface area contributed by atoms with E-state index in [1.807, 2.05) is 12.1 Å². The third kappa shape index (κ3) is 2.50. The topological polar surface area (TPSA) is 29.5 Å². The first kappa shape index (κ1) is 14.0. The van der Waals surface area contributed by atoms with Crippen LogP contribution in [-0.2, 0) is 6.42 Å². The van der Waals surface area contributed by atoms with E-state index in [0.29, 0.717) is 22.2 Å². The molecule has 0 saturated carbocycles. The van der Waals surface area contributed by atoms with Gasteiger partial charge in [-0.05, 0) is 35.4 Å². The maximum Gasteiger partial charge on any atom is 0.128 e. The lowest BCUT2D eigenvalue weighted by molar-refractivity contribution is 0.213. The molecule has 0 aliphatic carbocycles. The Labute approximate surface area is 132 Å². The maximum absolute atomic E-state index is 13.2. The molecule has 1 aliphatic heterocycles. The number of aliphatic hydroxyl groups is 1. The van der Waals surface area contributed by atoms with Gasteiger partial charge >= 0.3 is 0 Å². The summed E-state index contributed by atoms with van der Waals surface area (Å²) in [5.41, 5.74) is 2.38. The molecule has 0 aromatic heterocycles. The number of rotatable bonds is 2. The predicted molar refractivity (Wildman–Crippen MR) is 81.5 cm³/mol. The van der Waals surface area contributed by atoms with Gasteiger partial charge in [-0.1, -0.05) is 37.9 Å². The van der Waals surface area contributed by atoms with Crippen LogP contribution in [0.25, 0.3) is 0 Å². The van der Waals surface area contributed by atoms with E-state index in [4.69, 9.17) is 4.74 Å². The van der Waals surface area contributed by atoms with Gasteiger partial charge in [0.15, 0.2) is 0 Å². The van der Waals surface area contributed by atoms with Gasteiger partial charge in [0.2, 0.25) is 0 Å². The van der Waals surface area contributed by atoms with Gasteiger partial charge in [0.25, 0.3) is 0 Å². The first-order valence-electron chi connectivity index (χ1n) is 6.14. The fourth-order valence-corrected chi connectivity index (χ4v) is 3.48. The van der Waals surface area contributed by atoms with Gasteiger partial charge < -0.3 is 9.84 Å². The number of aliphatic hydroxyl groups excluding tert-OH is 1. The Kier molecular flexibility index (Phi) is 3.84. The molecule has 20 heavy (non-hydrogen) atoms. The van der Waals surface area contributed by atoms with Gasteiger partial charge in [0, 0.05) is 20.9 Å². The van der Waals surface area contributed by atoms with Crippen molar-refractivity contribution in [1.82, 2.24) is 0 Å². The molecule has 0 spiro atoms. The highest BCUT2D eigenvalue weighted by atomic mass is 79.9. The van der Waals surface area contributed by atoms with Crippen molar-refractivity contribution in [1.29, 1.82) is 0 Å². The van der Waals surface area contributed by atoms with Gasteiger partial charge in [-0.15, -0.1) is 0 Å². The van der Waals surface area contributed by atoms with Crippen LogP contribution in [0.4, 0.5) is 4.39 Å². The molecule has 5 heteroatoms. The zero-order valence-electron chi connectivity index (χ0n) is 10.4. The summed E-state index contributed by atoms with van der Waals surface area (Å²) in [6.07, 6.45) is -0.0339. The molecule has 0 bridgehead atoms. The van der Waals surface area contributed by atoms with Crippen LogP contribution in [0.15, 0.2) is 39.3 Å². The van der Waals surface area contributed by atoms with Crippen molar-refractivity contribution < 1.29 is 14.2 Å².